The van der Waals surface area contributed by atoms with E-state index >= 15 is 0 Å². The molecule has 0 aliphatic rings. The van der Waals surface area contributed by atoms with Crippen LogP contribution in [0.3, 0.4) is 0 Å². The lowest BCUT2D eigenvalue weighted by molar-refractivity contribution is 0.631. The first-order chi connectivity index (χ1) is 14.5. The smallest absolute Gasteiger partial charge is 0.191 e. The zero-order valence-electron chi connectivity index (χ0n) is 15.9. The van der Waals surface area contributed by atoms with Gasteiger partial charge in [-0.25, -0.2) is 13.8 Å². The van der Waals surface area contributed by atoms with Gasteiger partial charge in [0, 0.05) is 35.0 Å². The summed E-state index contributed by atoms with van der Waals surface area (Å²) >= 11 is 0. The number of fused-ring (bicyclic) bond motifs is 2. The van der Waals surface area contributed by atoms with Gasteiger partial charge in [-0.3, -0.25) is 9.78 Å². The number of nitrogens with zero attached hydrogens (tertiary/aromatic N) is 2. The van der Waals surface area contributed by atoms with E-state index in [1.807, 2.05) is 6.92 Å². The molecule has 5 aromatic rings. The molecule has 3 heterocycles. The highest BCUT2D eigenvalue weighted by Gasteiger charge is 2.18. The highest BCUT2D eigenvalue weighted by atomic mass is 19.1. The molecule has 3 aromatic heterocycles. The van der Waals surface area contributed by atoms with Crippen LogP contribution >= 0.6 is 0 Å². The van der Waals surface area contributed by atoms with Crippen LogP contribution in [-0.4, -0.2) is 15.0 Å². The predicted octanol–water partition coefficient (Wildman–Crippen LogP) is 5.39. The van der Waals surface area contributed by atoms with Gasteiger partial charge in [0.2, 0.25) is 0 Å². The monoisotopic (exact) mass is 399 g/mol. The number of hydrogen-bond donors (Lipinski definition) is 1. The first-order valence-electron chi connectivity index (χ1n) is 9.35. The molecule has 2 aromatic carbocycles. The molecule has 30 heavy (non-hydrogen) atoms. The molecule has 0 spiro atoms. The van der Waals surface area contributed by atoms with E-state index in [9.17, 15) is 13.6 Å². The number of rotatable bonds is 2. The number of benzene rings is 2. The first kappa shape index (κ1) is 18.1. The molecule has 4 nitrogen and oxygen atoms in total. The van der Waals surface area contributed by atoms with Crippen LogP contribution in [0.4, 0.5) is 8.78 Å². The van der Waals surface area contributed by atoms with Crippen LogP contribution in [0.15, 0.2) is 71.8 Å². The number of hydrogen-bond acceptors (Lipinski definition) is 3. The second-order valence-electron chi connectivity index (χ2n) is 7.08. The molecule has 0 saturated carbocycles. The third kappa shape index (κ3) is 2.85. The largest absolute Gasteiger partial charge is 0.346 e. The van der Waals surface area contributed by atoms with Crippen LogP contribution in [0.5, 0.6) is 0 Å². The Morgan fingerprint density at radius 2 is 1.73 bits per heavy atom. The van der Waals surface area contributed by atoms with E-state index < -0.39 is 11.6 Å². The average Bonchev–Trinajstić information content (AvgIpc) is 2.74. The van der Waals surface area contributed by atoms with Crippen molar-refractivity contribution in [2.45, 2.75) is 6.92 Å². The standard InChI is InChI=1S/C24H15F2N3O/c1-13-6-8-27-23-16(13)10-14(11-20(23)26)17-12-18-21(30)7-9-28-24(18)29-22(17)15-4-2-3-5-19(15)25/h2-12H,1H3,(H,28,29,30). The topological polar surface area (TPSA) is 58.6 Å². The fourth-order valence-electron chi connectivity index (χ4n) is 3.68. The zero-order valence-corrected chi connectivity index (χ0v) is 15.9. The molecule has 0 aliphatic heterocycles. The number of nitrogens with one attached hydrogen (secondary N) is 1. The highest BCUT2D eigenvalue weighted by molar-refractivity contribution is 5.94. The van der Waals surface area contributed by atoms with Crippen molar-refractivity contribution in [1.29, 1.82) is 0 Å². The lowest BCUT2D eigenvalue weighted by atomic mass is 9.95. The molecular weight excluding hydrogens is 384 g/mol. The van der Waals surface area contributed by atoms with Crippen LogP contribution in [-0.2, 0) is 0 Å². The van der Waals surface area contributed by atoms with Gasteiger partial charge in [0.25, 0.3) is 0 Å². The minimum Gasteiger partial charge on any atom is -0.346 e. The van der Waals surface area contributed by atoms with Gasteiger partial charge in [0.05, 0.1) is 11.1 Å². The van der Waals surface area contributed by atoms with E-state index in [0.717, 1.165) is 5.56 Å². The Balaban J connectivity index is 1.91. The van der Waals surface area contributed by atoms with E-state index in [4.69, 9.17) is 0 Å². The predicted molar refractivity (Wildman–Crippen MR) is 113 cm³/mol. The number of pyridine rings is 3. The van der Waals surface area contributed by atoms with Gasteiger partial charge in [0.15, 0.2) is 5.43 Å². The number of aryl methyl sites for hydroxylation is 1. The fraction of sp³-hybridized carbons (Fsp3) is 0.0417. The highest BCUT2D eigenvalue weighted by Crippen LogP contribution is 2.36. The summed E-state index contributed by atoms with van der Waals surface area (Å²) in [7, 11) is 0. The molecule has 1 N–H and O–H groups in total. The van der Waals surface area contributed by atoms with Crippen LogP contribution < -0.4 is 5.43 Å². The van der Waals surface area contributed by atoms with Crippen molar-refractivity contribution >= 4 is 21.9 Å². The number of aromatic nitrogens is 3. The van der Waals surface area contributed by atoms with E-state index in [0.29, 0.717) is 33.2 Å². The van der Waals surface area contributed by atoms with Crippen molar-refractivity contribution < 1.29 is 8.78 Å². The Hall–Kier alpha value is -3.93. The maximum absolute atomic E-state index is 14.9. The third-order valence-electron chi connectivity index (χ3n) is 5.20. The summed E-state index contributed by atoms with van der Waals surface area (Å²) in [5.41, 5.74) is 2.78. The molecule has 0 aliphatic carbocycles. The van der Waals surface area contributed by atoms with Crippen molar-refractivity contribution in [3.8, 4) is 22.4 Å². The minimum absolute atomic E-state index is 0.225. The van der Waals surface area contributed by atoms with Crippen molar-refractivity contribution in [1.82, 2.24) is 15.0 Å². The SMILES string of the molecule is Cc1ccnc2c(F)cc(-c3cc4c(=O)cc[nH]c4nc3-c3ccccc3F)cc12. The van der Waals surface area contributed by atoms with Gasteiger partial charge in [-0.05, 0) is 54.4 Å². The fourth-order valence-corrected chi connectivity index (χ4v) is 3.68. The zero-order chi connectivity index (χ0) is 20.8. The van der Waals surface area contributed by atoms with Gasteiger partial charge in [-0.1, -0.05) is 12.1 Å². The molecule has 6 heteroatoms. The first-order valence-corrected chi connectivity index (χ1v) is 9.35. The summed E-state index contributed by atoms with van der Waals surface area (Å²) in [6.07, 6.45) is 3.05. The number of halogens is 2. The van der Waals surface area contributed by atoms with E-state index in [1.54, 1.807) is 42.6 Å². The summed E-state index contributed by atoms with van der Waals surface area (Å²) in [5.74, 6) is -0.948. The maximum Gasteiger partial charge on any atom is 0.191 e. The Bertz CT molecular complexity index is 1510. The van der Waals surface area contributed by atoms with Gasteiger partial charge >= 0.3 is 0 Å². The molecule has 146 valence electrons. The molecule has 0 unspecified atom stereocenters. The second-order valence-corrected chi connectivity index (χ2v) is 7.08. The van der Waals surface area contributed by atoms with Gasteiger partial charge in [-0.15, -0.1) is 0 Å². The van der Waals surface area contributed by atoms with Crippen LogP contribution in [0.1, 0.15) is 5.56 Å². The van der Waals surface area contributed by atoms with Gasteiger partial charge in [0.1, 0.15) is 22.8 Å². The normalized spacial score (nSPS) is 11.3. The molecular formula is C24H15F2N3O. The van der Waals surface area contributed by atoms with Crippen molar-refractivity contribution in [2.24, 2.45) is 0 Å². The lowest BCUT2D eigenvalue weighted by Gasteiger charge is -2.13. The van der Waals surface area contributed by atoms with Gasteiger partial charge in [-0.2, -0.15) is 0 Å². The number of aromatic amines is 1. The Morgan fingerprint density at radius 3 is 2.57 bits per heavy atom. The molecule has 0 saturated heterocycles. The maximum atomic E-state index is 14.9. The van der Waals surface area contributed by atoms with Crippen LogP contribution in [0, 0.1) is 18.6 Å². The molecule has 0 amide bonds. The molecule has 0 bridgehead atoms. The molecule has 0 fully saturated rings. The Kier molecular flexibility index (Phi) is 4.13. The summed E-state index contributed by atoms with van der Waals surface area (Å²) in [4.78, 5) is 24.0. The van der Waals surface area contributed by atoms with Gasteiger partial charge < -0.3 is 4.98 Å². The van der Waals surface area contributed by atoms with Crippen molar-refractivity contribution in [3.05, 3.63) is 94.4 Å². The second kappa shape index (κ2) is 6.84. The molecule has 0 atom stereocenters. The van der Waals surface area contributed by atoms with Crippen LogP contribution in [0.2, 0.25) is 0 Å². The van der Waals surface area contributed by atoms with E-state index in [1.165, 1.54) is 24.4 Å². The molecule has 5 rings (SSSR count). The van der Waals surface area contributed by atoms with Crippen molar-refractivity contribution in [3.63, 3.8) is 0 Å². The lowest BCUT2D eigenvalue weighted by Crippen LogP contribution is -2.04. The average molecular weight is 399 g/mol. The van der Waals surface area contributed by atoms with E-state index in [2.05, 4.69) is 15.0 Å². The number of H-pyrrole nitrogens is 1. The Labute approximate surface area is 169 Å². The summed E-state index contributed by atoms with van der Waals surface area (Å²) in [6.45, 7) is 1.87. The van der Waals surface area contributed by atoms with E-state index in [-0.39, 0.29) is 16.5 Å². The quantitative estimate of drug-likeness (QED) is 0.433. The summed E-state index contributed by atoms with van der Waals surface area (Å²) in [5, 5.41) is 0.991. The minimum atomic E-state index is -0.493. The summed E-state index contributed by atoms with van der Waals surface area (Å²) in [6, 6.07) is 14.2. The van der Waals surface area contributed by atoms with Crippen molar-refractivity contribution in [2.75, 3.05) is 0 Å². The third-order valence-corrected chi connectivity index (χ3v) is 5.20. The Morgan fingerprint density at radius 1 is 0.900 bits per heavy atom. The van der Waals surface area contributed by atoms with Crippen LogP contribution in [0.25, 0.3) is 44.3 Å². The summed E-state index contributed by atoms with van der Waals surface area (Å²) < 4.78 is 29.5. The molecule has 0 radical (unpaired) electrons.